The molecule has 3 aromatic carbocycles. The lowest BCUT2D eigenvalue weighted by atomic mass is 10.0. The van der Waals surface area contributed by atoms with Crippen LogP contribution in [-0.4, -0.2) is 18.5 Å². The van der Waals surface area contributed by atoms with Crippen LogP contribution in [0.5, 0.6) is 0 Å². The van der Waals surface area contributed by atoms with Gasteiger partial charge in [-0.15, -0.1) is 12.4 Å². The van der Waals surface area contributed by atoms with Crippen LogP contribution >= 0.6 is 12.4 Å². The lowest BCUT2D eigenvalue weighted by molar-refractivity contribution is 0.363. The van der Waals surface area contributed by atoms with Gasteiger partial charge in [0.25, 0.3) is 0 Å². The summed E-state index contributed by atoms with van der Waals surface area (Å²) >= 11 is 0. The highest BCUT2D eigenvalue weighted by atomic mass is 35.5. The number of halogens is 1. The zero-order chi connectivity index (χ0) is 17.1. The second kappa shape index (κ2) is 8.22. The van der Waals surface area contributed by atoms with Crippen molar-refractivity contribution in [3.8, 4) is 0 Å². The molecular weight excluding hydrogens is 342 g/mol. The number of furan rings is 1. The topological polar surface area (TPSA) is 16.4 Å². The van der Waals surface area contributed by atoms with Gasteiger partial charge in [0.2, 0.25) is 0 Å². The first kappa shape index (κ1) is 18.2. The van der Waals surface area contributed by atoms with Crippen LogP contribution in [-0.2, 0) is 6.54 Å². The zero-order valence-corrected chi connectivity index (χ0v) is 15.6. The summed E-state index contributed by atoms with van der Waals surface area (Å²) in [5.41, 5.74) is 3.45. The Kier molecular flexibility index (Phi) is 5.77. The van der Waals surface area contributed by atoms with E-state index in [4.69, 9.17) is 4.42 Å². The van der Waals surface area contributed by atoms with Gasteiger partial charge >= 0.3 is 0 Å². The molecule has 0 amide bonds. The van der Waals surface area contributed by atoms with Crippen molar-refractivity contribution in [2.24, 2.45) is 0 Å². The normalized spacial score (nSPS) is 11.5. The molecule has 26 heavy (non-hydrogen) atoms. The van der Waals surface area contributed by atoms with Gasteiger partial charge in [0.05, 0.1) is 6.26 Å². The predicted octanol–water partition coefficient (Wildman–Crippen LogP) is 6.15. The summed E-state index contributed by atoms with van der Waals surface area (Å²) in [6.07, 6.45) is 6.31. The molecular formula is C23H22ClNO. The first-order chi connectivity index (χ1) is 12.3. The summed E-state index contributed by atoms with van der Waals surface area (Å²) in [5.74, 6) is 0. The molecule has 0 aliphatic rings. The SMILES string of the molecule is CN(C/C=C/c1cccc2ccccc12)Cc1coc2ccccc12.Cl. The molecule has 0 saturated carbocycles. The minimum absolute atomic E-state index is 0. The maximum absolute atomic E-state index is 5.63. The van der Waals surface area contributed by atoms with Crippen molar-refractivity contribution in [1.29, 1.82) is 0 Å². The summed E-state index contributed by atoms with van der Waals surface area (Å²) in [4.78, 5) is 2.29. The predicted molar refractivity (Wildman–Crippen MR) is 113 cm³/mol. The van der Waals surface area contributed by atoms with E-state index in [-0.39, 0.29) is 12.4 Å². The van der Waals surface area contributed by atoms with E-state index in [1.165, 1.54) is 27.3 Å². The van der Waals surface area contributed by atoms with Crippen LogP contribution in [0.25, 0.3) is 27.8 Å². The van der Waals surface area contributed by atoms with E-state index < -0.39 is 0 Å². The van der Waals surface area contributed by atoms with E-state index >= 15 is 0 Å². The Morgan fingerprint density at radius 1 is 0.885 bits per heavy atom. The fourth-order valence-corrected chi connectivity index (χ4v) is 3.27. The molecule has 0 aliphatic carbocycles. The molecule has 1 heterocycles. The van der Waals surface area contributed by atoms with E-state index in [1.54, 1.807) is 0 Å². The third-order valence-electron chi connectivity index (χ3n) is 4.54. The molecule has 0 spiro atoms. The fourth-order valence-electron chi connectivity index (χ4n) is 3.27. The van der Waals surface area contributed by atoms with Crippen molar-refractivity contribution in [3.63, 3.8) is 0 Å². The summed E-state index contributed by atoms with van der Waals surface area (Å²) < 4.78 is 5.63. The second-order valence-corrected chi connectivity index (χ2v) is 6.42. The highest BCUT2D eigenvalue weighted by Gasteiger charge is 2.07. The molecule has 0 atom stereocenters. The number of likely N-dealkylation sites (N-methyl/N-ethyl adjacent to an activating group) is 1. The quantitative estimate of drug-likeness (QED) is 0.422. The lowest BCUT2D eigenvalue weighted by Gasteiger charge is -2.13. The van der Waals surface area contributed by atoms with Gasteiger partial charge in [-0.1, -0.05) is 72.8 Å². The van der Waals surface area contributed by atoms with Crippen molar-refractivity contribution >= 4 is 40.2 Å². The average molecular weight is 364 g/mol. The Morgan fingerprint density at radius 2 is 1.62 bits per heavy atom. The Labute approximate surface area is 160 Å². The van der Waals surface area contributed by atoms with Crippen LogP contribution in [0.2, 0.25) is 0 Å². The number of nitrogens with zero attached hydrogens (tertiary/aromatic N) is 1. The molecule has 3 heteroatoms. The molecule has 4 aromatic rings. The fraction of sp³-hybridized carbons (Fsp3) is 0.130. The molecule has 0 fully saturated rings. The minimum Gasteiger partial charge on any atom is -0.464 e. The van der Waals surface area contributed by atoms with Crippen LogP contribution in [0.1, 0.15) is 11.1 Å². The number of hydrogen-bond donors (Lipinski definition) is 0. The maximum Gasteiger partial charge on any atom is 0.134 e. The molecule has 132 valence electrons. The van der Waals surface area contributed by atoms with Crippen LogP contribution in [0.15, 0.2) is 83.5 Å². The number of para-hydroxylation sites is 1. The molecule has 0 unspecified atom stereocenters. The Morgan fingerprint density at radius 3 is 2.50 bits per heavy atom. The van der Waals surface area contributed by atoms with Crippen molar-refractivity contribution in [2.75, 3.05) is 13.6 Å². The van der Waals surface area contributed by atoms with Gasteiger partial charge in [-0.3, -0.25) is 4.90 Å². The van der Waals surface area contributed by atoms with Gasteiger partial charge in [0.15, 0.2) is 0 Å². The summed E-state index contributed by atoms with van der Waals surface area (Å²) in [6.45, 7) is 1.76. The van der Waals surface area contributed by atoms with Gasteiger partial charge in [-0.05, 0) is 29.4 Å². The molecule has 1 aromatic heterocycles. The van der Waals surface area contributed by atoms with Gasteiger partial charge < -0.3 is 4.42 Å². The average Bonchev–Trinajstić information content (AvgIpc) is 3.05. The van der Waals surface area contributed by atoms with Crippen molar-refractivity contribution in [2.45, 2.75) is 6.54 Å². The third-order valence-corrected chi connectivity index (χ3v) is 4.54. The van der Waals surface area contributed by atoms with Gasteiger partial charge in [-0.2, -0.15) is 0 Å². The van der Waals surface area contributed by atoms with Crippen LogP contribution in [0.4, 0.5) is 0 Å². The number of hydrogen-bond acceptors (Lipinski definition) is 2. The van der Waals surface area contributed by atoms with E-state index in [9.17, 15) is 0 Å². The Hall–Kier alpha value is -2.55. The molecule has 2 nitrogen and oxygen atoms in total. The first-order valence-corrected chi connectivity index (χ1v) is 8.59. The highest BCUT2D eigenvalue weighted by molar-refractivity contribution is 5.90. The number of benzene rings is 3. The van der Waals surface area contributed by atoms with Crippen LogP contribution in [0.3, 0.4) is 0 Å². The first-order valence-electron chi connectivity index (χ1n) is 8.59. The smallest absolute Gasteiger partial charge is 0.134 e. The van der Waals surface area contributed by atoms with E-state index in [1.807, 2.05) is 18.4 Å². The van der Waals surface area contributed by atoms with E-state index in [2.05, 4.69) is 78.7 Å². The molecule has 0 N–H and O–H groups in total. The summed E-state index contributed by atoms with van der Waals surface area (Å²) in [6, 6.07) is 23.1. The van der Waals surface area contributed by atoms with Crippen LogP contribution in [0, 0.1) is 0 Å². The van der Waals surface area contributed by atoms with E-state index in [0.717, 1.165) is 18.7 Å². The Bertz CT molecular complexity index is 1030. The van der Waals surface area contributed by atoms with E-state index in [0.29, 0.717) is 0 Å². The van der Waals surface area contributed by atoms with Crippen LogP contribution < -0.4 is 0 Å². The maximum atomic E-state index is 5.63. The van der Waals surface area contributed by atoms with Gasteiger partial charge in [0.1, 0.15) is 5.58 Å². The summed E-state index contributed by atoms with van der Waals surface area (Å²) in [5, 5.41) is 3.78. The third kappa shape index (κ3) is 3.82. The number of rotatable bonds is 5. The molecule has 0 bridgehead atoms. The summed E-state index contributed by atoms with van der Waals surface area (Å²) in [7, 11) is 2.13. The highest BCUT2D eigenvalue weighted by Crippen LogP contribution is 2.22. The van der Waals surface area contributed by atoms with Crippen molar-refractivity contribution < 1.29 is 4.42 Å². The Balaban J connectivity index is 0.00000196. The molecule has 0 aliphatic heterocycles. The zero-order valence-electron chi connectivity index (χ0n) is 14.8. The van der Waals surface area contributed by atoms with Gasteiger partial charge in [-0.25, -0.2) is 0 Å². The lowest BCUT2D eigenvalue weighted by Crippen LogP contribution is -2.17. The minimum atomic E-state index is 0. The number of fused-ring (bicyclic) bond motifs is 2. The monoisotopic (exact) mass is 363 g/mol. The standard InChI is InChI=1S/C23H21NO.ClH/c1-24(16-20-17-25-23-14-5-4-13-22(20)23)15-7-11-19-10-6-9-18-8-2-3-12-21(18)19;/h2-14,17H,15-16H2,1H3;1H/b11-7+;. The molecule has 4 rings (SSSR count). The van der Waals surface area contributed by atoms with Crippen molar-refractivity contribution in [3.05, 3.63) is 90.2 Å². The molecule has 0 saturated heterocycles. The van der Waals surface area contributed by atoms with Crippen molar-refractivity contribution in [1.82, 2.24) is 4.90 Å². The molecule has 0 radical (unpaired) electrons. The second-order valence-electron chi connectivity index (χ2n) is 6.42. The largest absolute Gasteiger partial charge is 0.464 e. The van der Waals surface area contributed by atoms with Gasteiger partial charge in [0, 0.05) is 24.0 Å².